The number of aliphatic imine (C=N–C) groups is 1. The van der Waals surface area contributed by atoms with Crippen LogP contribution in [0.2, 0.25) is 0 Å². The molecule has 3 N–H and O–H groups in total. The van der Waals surface area contributed by atoms with Crippen LogP contribution in [0.25, 0.3) is 0 Å². The minimum atomic E-state index is -0.141. The number of carbonyl (C=O) groups excluding carboxylic acids is 1. The van der Waals surface area contributed by atoms with E-state index in [1.807, 2.05) is 32.0 Å². The van der Waals surface area contributed by atoms with E-state index in [9.17, 15) is 4.79 Å². The van der Waals surface area contributed by atoms with Crippen LogP contribution in [0.5, 0.6) is 5.75 Å². The Kier molecular flexibility index (Phi) is 8.64. The van der Waals surface area contributed by atoms with E-state index in [-0.39, 0.29) is 11.9 Å². The third-order valence-electron chi connectivity index (χ3n) is 3.14. The van der Waals surface area contributed by atoms with Crippen LogP contribution in [0.15, 0.2) is 23.2 Å². The van der Waals surface area contributed by atoms with Crippen LogP contribution in [-0.2, 0) is 16.1 Å². The van der Waals surface area contributed by atoms with Gasteiger partial charge in [-0.1, -0.05) is 6.07 Å². The first-order chi connectivity index (χ1) is 11.5. The molecule has 0 aromatic heterocycles. The molecular formula is C17H28N4O3. The second kappa shape index (κ2) is 10.5. The highest BCUT2D eigenvalue weighted by Gasteiger charge is 2.07. The zero-order valence-electron chi connectivity index (χ0n) is 15.1. The Balaban J connectivity index is 2.86. The summed E-state index contributed by atoms with van der Waals surface area (Å²) >= 11 is 0. The molecule has 0 aliphatic rings. The maximum absolute atomic E-state index is 11.3. The second-order valence-electron chi connectivity index (χ2n) is 5.41. The Morgan fingerprint density at radius 2 is 2.08 bits per heavy atom. The zero-order chi connectivity index (χ0) is 17.9. The standard InChI is InChI=1S/C17H28N4O3/c1-6-18-17(20-12(2)11-23-4)19-10-14-7-8-16(24-5)15(9-14)21-13(3)22/h7-9,12H,6,10-11H2,1-5H3,(H,21,22)(H2,18,19,20). The second-order valence-corrected chi connectivity index (χ2v) is 5.41. The number of ether oxygens (including phenoxy) is 2. The van der Waals surface area contributed by atoms with Crippen LogP contribution < -0.4 is 20.7 Å². The van der Waals surface area contributed by atoms with Gasteiger partial charge < -0.3 is 25.4 Å². The van der Waals surface area contributed by atoms with Gasteiger partial charge in [0.05, 0.1) is 25.9 Å². The third kappa shape index (κ3) is 6.87. The van der Waals surface area contributed by atoms with Gasteiger partial charge in [0.1, 0.15) is 5.75 Å². The molecule has 0 aliphatic carbocycles. The Labute approximate surface area is 143 Å². The number of hydrogen-bond acceptors (Lipinski definition) is 4. The minimum Gasteiger partial charge on any atom is -0.495 e. The summed E-state index contributed by atoms with van der Waals surface area (Å²) in [5.74, 6) is 1.20. The molecule has 1 rings (SSSR count). The molecule has 1 aromatic carbocycles. The van der Waals surface area contributed by atoms with Gasteiger partial charge >= 0.3 is 0 Å². The van der Waals surface area contributed by atoms with Crippen LogP contribution in [0.4, 0.5) is 5.69 Å². The van der Waals surface area contributed by atoms with Gasteiger partial charge in [0.15, 0.2) is 5.96 Å². The predicted molar refractivity (Wildman–Crippen MR) is 96.6 cm³/mol. The molecule has 1 atom stereocenters. The van der Waals surface area contributed by atoms with E-state index in [2.05, 4.69) is 20.9 Å². The summed E-state index contributed by atoms with van der Waals surface area (Å²) in [5, 5.41) is 9.24. The summed E-state index contributed by atoms with van der Waals surface area (Å²) in [6.07, 6.45) is 0. The number of benzene rings is 1. The summed E-state index contributed by atoms with van der Waals surface area (Å²) in [6, 6.07) is 5.77. The molecule has 1 unspecified atom stereocenters. The molecule has 1 amide bonds. The number of anilines is 1. The first-order valence-corrected chi connectivity index (χ1v) is 7.98. The normalized spacial score (nSPS) is 12.5. The lowest BCUT2D eigenvalue weighted by Crippen LogP contribution is -2.43. The van der Waals surface area contributed by atoms with Gasteiger partial charge in [-0.05, 0) is 31.5 Å². The molecular weight excluding hydrogens is 308 g/mol. The van der Waals surface area contributed by atoms with Gasteiger partial charge in [0.2, 0.25) is 5.91 Å². The fraction of sp³-hybridized carbons (Fsp3) is 0.529. The minimum absolute atomic E-state index is 0.141. The Bertz CT molecular complexity index is 561. The van der Waals surface area contributed by atoms with Crippen LogP contribution in [0.1, 0.15) is 26.3 Å². The molecule has 1 aromatic rings. The third-order valence-corrected chi connectivity index (χ3v) is 3.14. The summed E-state index contributed by atoms with van der Waals surface area (Å²) in [6.45, 7) is 7.35. The molecule has 7 nitrogen and oxygen atoms in total. The lowest BCUT2D eigenvalue weighted by Gasteiger charge is -2.17. The van der Waals surface area contributed by atoms with Gasteiger partial charge in [-0.25, -0.2) is 4.99 Å². The van der Waals surface area contributed by atoms with E-state index < -0.39 is 0 Å². The van der Waals surface area contributed by atoms with Crippen LogP contribution in [0.3, 0.4) is 0 Å². The fourth-order valence-corrected chi connectivity index (χ4v) is 2.16. The quantitative estimate of drug-likeness (QED) is 0.497. The Morgan fingerprint density at radius 1 is 1.33 bits per heavy atom. The predicted octanol–water partition coefficient (Wildman–Crippen LogP) is 1.74. The zero-order valence-corrected chi connectivity index (χ0v) is 15.1. The lowest BCUT2D eigenvalue weighted by molar-refractivity contribution is -0.114. The number of hydrogen-bond donors (Lipinski definition) is 3. The fourth-order valence-electron chi connectivity index (χ4n) is 2.16. The number of amides is 1. The van der Waals surface area contributed by atoms with Gasteiger partial charge in [0, 0.05) is 26.6 Å². The first-order valence-electron chi connectivity index (χ1n) is 7.98. The maximum atomic E-state index is 11.3. The number of rotatable bonds is 8. The van der Waals surface area contributed by atoms with E-state index in [4.69, 9.17) is 9.47 Å². The number of carbonyl (C=O) groups is 1. The molecule has 0 heterocycles. The van der Waals surface area contributed by atoms with E-state index in [0.717, 1.165) is 18.1 Å². The number of guanidine groups is 1. The van der Waals surface area contributed by atoms with E-state index in [1.54, 1.807) is 14.2 Å². The Hall–Kier alpha value is -2.28. The summed E-state index contributed by atoms with van der Waals surface area (Å²) < 4.78 is 10.4. The Morgan fingerprint density at radius 3 is 2.67 bits per heavy atom. The summed E-state index contributed by atoms with van der Waals surface area (Å²) in [4.78, 5) is 15.9. The number of methoxy groups -OCH3 is 2. The van der Waals surface area contributed by atoms with E-state index >= 15 is 0 Å². The van der Waals surface area contributed by atoms with Crippen molar-refractivity contribution in [2.45, 2.75) is 33.4 Å². The van der Waals surface area contributed by atoms with Crippen molar-refractivity contribution < 1.29 is 14.3 Å². The van der Waals surface area contributed by atoms with Crippen molar-refractivity contribution in [1.29, 1.82) is 0 Å². The molecule has 24 heavy (non-hydrogen) atoms. The molecule has 7 heteroatoms. The molecule has 0 radical (unpaired) electrons. The van der Waals surface area contributed by atoms with E-state index in [0.29, 0.717) is 24.6 Å². The van der Waals surface area contributed by atoms with Crippen molar-refractivity contribution >= 4 is 17.6 Å². The highest BCUT2D eigenvalue weighted by molar-refractivity contribution is 5.90. The SMILES string of the molecule is CCNC(=NCc1ccc(OC)c(NC(C)=O)c1)NC(C)COC. The molecule has 0 aliphatic heterocycles. The highest BCUT2D eigenvalue weighted by atomic mass is 16.5. The van der Waals surface area contributed by atoms with Gasteiger partial charge in [0.25, 0.3) is 0 Å². The van der Waals surface area contributed by atoms with Crippen LogP contribution in [-0.4, -0.2) is 45.3 Å². The van der Waals surface area contributed by atoms with Crippen molar-refractivity contribution in [2.24, 2.45) is 4.99 Å². The average molecular weight is 336 g/mol. The monoisotopic (exact) mass is 336 g/mol. The van der Waals surface area contributed by atoms with Crippen molar-refractivity contribution in [1.82, 2.24) is 10.6 Å². The summed E-state index contributed by atoms with van der Waals surface area (Å²) in [7, 11) is 3.24. The van der Waals surface area contributed by atoms with Crippen LogP contribution >= 0.6 is 0 Å². The van der Waals surface area contributed by atoms with Crippen LogP contribution in [0, 0.1) is 0 Å². The average Bonchev–Trinajstić information content (AvgIpc) is 2.52. The van der Waals surface area contributed by atoms with Crippen molar-refractivity contribution in [3.63, 3.8) is 0 Å². The van der Waals surface area contributed by atoms with Gasteiger partial charge in [-0.2, -0.15) is 0 Å². The summed E-state index contributed by atoms with van der Waals surface area (Å²) in [5.41, 5.74) is 1.61. The van der Waals surface area contributed by atoms with Gasteiger partial charge in [-0.3, -0.25) is 4.79 Å². The van der Waals surface area contributed by atoms with Gasteiger partial charge in [-0.15, -0.1) is 0 Å². The molecule has 0 saturated carbocycles. The largest absolute Gasteiger partial charge is 0.495 e. The van der Waals surface area contributed by atoms with Crippen molar-refractivity contribution in [2.75, 3.05) is 32.7 Å². The molecule has 0 spiro atoms. The smallest absolute Gasteiger partial charge is 0.221 e. The van der Waals surface area contributed by atoms with E-state index in [1.165, 1.54) is 6.92 Å². The topological polar surface area (TPSA) is 84.0 Å². The lowest BCUT2D eigenvalue weighted by atomic mass is 10.2. The molecule has 134 valence electrons. The highest BCUT2D eigenvalue weighted by Crippen LogP contribution is 2.25. The molecule has 0 saturated heterocycles. The van der Waals surface area contributed by atoms with Crippen molar-refractivity contribution in [3.05, 3.63) is 23.8 Å². The number of nitrogens with zero attached hydrogens (tertiary/aromatic N) is 1. The first kappa shape index (κ1) is 19.8. The van der Waals surface area contributed by atoms with Crippen molar-refractivity contribution in [3.8, 4) is 5.75 Å². The maximum Gasteiger partial charge on any atom is 0.221 e. The molecule has 0 bridgehead atoms. The number of nitrogens with one attached hydrogen (secondary N) is 3. The molecule has 0 fully saturated rings.